The van der Waals surface area contributed by atoms with Crippen LogP contribution in [0.3, 0.4) is 0 Å². The molecule has 0 bridgehead atoms. The molecule has 106 valence electrons. The minimum Gasteiger partial charge on any atom is -0.377 e. The Labute approximate surface area is 128 Å². The summed E-state index contributed by atoms with van der Waals surface area (Å²) in [7, 11) is 0. The van der Waals surface area contributed by atoms with E-state index in [0.717, 1.165) is 12.0 Å². The number of anilines is 1. The third-order valence-corrected chi connectivity index (χ3v) is 5.57. The van der Waals surface area contributed by atoms with Crippen molar-refractivity contribution < 1.29 is 4.79 Å². The van der Waals surface area contributed by atoms with Crippen molar-refractivity contribution in [2.45, 2.75) is 25.3 Å². The predicted octanol–water partition coefficient (Wildman–Crippen LogP) is 4.78. The monoisotopic (exact) mass is 295 g/mol. The van der Waals surface area contributed by atoms with Crippen LogP contribution < -0.4 is 5.32 Å². The van der Waals surface area contributed by atoms with Crippen LogP contribution in [0.1, 0.15) is 46.1 Å². The molecular weight excluding hydrogens is 278 g/mol. The number of hydrogen-bond acceptors (Lipinski definition) is 3. The predicted molar refractivity (Wildman–Crippen MR) is 87.1 cm³/mol. The number of carbonyl (C=O) groups excluding carboxylic acids is 1. The molecule has 0 saturated carbocycles. The third-order valence-electron chi connectivity index (χ3n) is 4.62. The second-order valence-electron chi connectivity index (χ2n) is 5.85. The standard InChI is InChI=1S/C18H17NOS/c1-11(20)12-7-8-16-15(10-12)13-4-2-5-14(13)18(19-16)17-6-3-9-21-17/h2-4,6-10,13-14,18-19H,5H2,1H3. The lowest BCUT2D eigenvalue weighted by Crippen LogP contribution is -2.28. The van der Waals surface area contributed by atoms with E-state index < -0.39 is 0 Å². The van der Waals surface area contributed by atoms with Crippen molar-refractivity contribution in [1.29, 1.82) is 0 Å². The lowest BCUT2D eigenvalue weighted by Gasteiger charge is -2.37. The average molecular weight is 295 g/mol. The molecule has 1 aliphatic carbocycles. The van der Waals surface area contributed by atoms with Crippen LogP contribution in [-0.4, -0.2) is 5.78 Å². The smallest absolute Gasteiger partial charge is 0.159 e. The van der Waals surface area contributed by atoms with E-state index in [-0.39, 0.29) is 5.78 Å². The largest absolute Gasteiger partial charge is 0.377 e. The molecule has 2 nitrogen and oxygen atoms in total. The number of ketones is 1. The summed E-state index contributed by atoms with van der Waals surface area (Å²) in [6.45, 7) is 1.63. The van der Waals surface area contributed by atoms with E-state index in [4.69, 9.17) is 0 Å². The van der Waals surface area contributed by atoms with Gasteiger partial charge in [0, 0.05) is 22.0 Å². The van der Waals surface area contributed by atoms with E-state index in [0.29, 0.717) is 17.9 Å². The summed E-state index contributed by atoms with van der Waals surface area (Å²) in [6, 6.07) is 10.8. The SMILES string of the molecule is CC(=O)c1ccc2c(c1)C1C=CCC1C(c1cccs1)N2. The van der Waals surface area contributed by atoms with Gasteiger partial charge in [-0.3, -0.25) is 4.79 Å². The summed E-state index contributed by atoms with van der Waals surface area (Å²) in [5.74, 6) is 1.11. The summed E-state index contributed by atoms with van der Waals surface area (Å²) in [5, 5.41) is 5.84. The van der Waals surface area contributed by atoms with E-state index >= 15 is 0 Å². The molecule has 0 fully saturated rings. The summed E-state index contributed by atoms with van der Waals surface area (Å²) < 4.78 is 0. The number of nitrogens with one attached hydrogen (secondary N) is 1. The molecule has 2 heterocycles. The molecule has 4 rings (SSSR count). The van der Waals surface area contributed by atoms with Gasteiger partial charge in [-0.1, -0.05) is 18.2 Å². The molecule has 1 aromatic heterocycles. The van der Waals surface area contributed by atoms with Gasteiger partial charge in [-0.25, -0.2) is 0 Å². The molecule has 3 atom stereocenters. The Kier molecular flexibility index (Phi) is 2.96. The van der Waals surface area contributed by atoms with Crippen LogP contribution in [0, 0.1) is 5.92 Å². The van der Waals surface area contributed by atoms with Crippen LogP contribution in [0.25, 0.3) is 0 Å². The Morgan fingerprint density at radius 2 is 2.24 bits per heavy atom. The molecule has 0 radical (unpaired) electrons. The quantitative estimate of drug-likeness (QED) is 0.638. The topological polar surface area (TPSA) is 29.1 Å². The van der Waals surface area contributed by atoms with Crippen molar-refractivity contribution >= 4 is 22.8 Å². The fraction of sp³-hybridized carbons (Fsp3) is 0.278. The first-order valence-corrected chi connectivity index (χ1v) is 8.23. The zero-order valence-corrected chi connectivity index (χ0v) is 12.7. The van der Waals surface area contributed by atoms with Crippen LogP contribution in [0.5, 0.6) is 0 Å². The molecule has 2 aliphatic rings. The first-order valence-electron chi connectivity index (χ1n) is 7.35. The molecule has 1 N–H and O–H groups in total. The van der Waals surface area contributed by atoms with Crippen LogP contribution >= 0.6 is 11.3 Å². The van der Waals surface area contributed by atoms with E-state index in [2.05, 4.69) is 47.1 Å². The summed E-state index contributed by atoms with van der Waals surface area (Å²) in [4.78, 5) is 13.0. The van der Waals surface area contributed by atoms with Gasteiger partial charge in [-0.05, 0) is 54.5 Å². The Hall–Kier alpha value is -1.87. The van der Waals surface area contributed by atoms with Crippen molar-refractivity contribution in [3.63, 3.8) is 0 Å². The normalized spacial score (nSPS) is 26.0. The minimum atomic E-state index is 0.136. The molecule has 1 aliphatic heterocycles. The minimum absolute atomic E-state index is 0.136. The van der Waals surface area contributed by atoms with Gasteiger partial charge in [0.25, 0.3) is 0 Å². The van der Waals surface area contributed by atoms with Crippen LogP contribution in [0.15, 0.2) is 47.9 Å². The van der Waals surface area contributed by atoms with E-state index in [1.165, 1.54) is 16.1 Å². The van der Waals surface area contributed by atoms with Crippen molar-refractivity contribution in [1.82, 2.24) is 0 Å². The van der Waals surface area contributed by atoms with Gasteiger partial charge in [-0.2, -0.15) is 0 Å². The van der Waals surface area contributed by atoms with Crippen molar-refractivity contribution in [2.24, 2.45) is 5.92 Å². The van der Waals surface area contributed by atoms with Crippen molar-refractivity contribution in [3.05, 3.63) is 63.9 Å². The molecular formula is C18H17NOS. The Morgan fingerprint density at radius 1 is 1.33 bits per heavy atom. The Morgan fingerprint density at radius 3 is 3.00 bits per heavy atom. The highest BCUT2D eigenvalue weighted by molar-refractivity contribution is 7.10. The lowest BCUT2D eigenvalue weighted by atomic mass is 9.78. The van der Waals surface area contributed by atoms with E-state index in [1.54, 1.807) is 6.92 Å². The third kappa shape index (κ3) is 2.04. The molecule has 3 unspecified atom stereocenters. The molecule has 2 aromatic rings. The van der Waals surface area contributed by atoms with Gasteiger partial charge in [0.15, 0.2) is 5.78 Å². The highest BCUT2D eigenvalue weighted by Gasteiger charge is 2.38. The molecule has 3 heteroatoms. The summed E-state index contributed by atoms with van der Waals surface area (Å²) in [5.41, 5.74) is 3.25. The average Bonchev–Trinajstić information content (AvgIpc) is 3.17. The highest BCUT2D eigenvalue weighted by atomic mass is 32.1. The van der Waals surface area contributed by atoms with E-state index in [1.807, 2.05) is 17.4 Å². The number of hydrogen-bond donors (Lipinski definition) is 1. The second kappa shape index (κ2) is 4.85. The number of rotatable bonds is 2. The van der Waals surface area contributed by atoms with Gasteiger partial charge >= 0.3 is 0 Å². The molecule has 0 saturated heterocycles. The van der Waals surface area contributed by atoms with Crippen molar-refractivity contribution in [3.8, 4) is 0 Å². The fourth-order valence-electron chi connectivity index (χ4n) is 3.56. The summed E-state index contributed by atoms with van der Waals surface area (Å²) >= 11 is 1.82. The Balaban J connectivity index is 1.80. The van der Waals surface area contributed by atoms with Gasteiger partial charge < -0.3 is 5.32 Å². The van der Waals surface area contributed by atoms with Gasteiger partial charge in [-0.15, -0.1) is 11.3 Å². The van der Waals surface area contributed by atoms with Gasteiger partial charge in [0.05, 0.1) is 6.04 Å². The zero-order chi connectivity index (χ0) is 14.4. The number of benzene rings is 1. The number of allylic oxidation sites excluding steroid dienone is 2. The molecule has 0 amide bonds. The van der Waals surface area contributed by atoms with Crippen LogP contribution in [0.4, 0.5) is 5.69 Å². The van der Waals surface area contributed by atoms with Crippen molar-refractivity contribution in [2.75, 3.05) is 5.32 Å². The summed E-state index contributed by atoms with van der Waals surface area (Å²) in [6.07, 6.45) is 5.70. The maximum absolute atomic E-state index is 11.6. The number of carbonyl (C=O) groups is 1. The highest BCUT2D eigenvalue weighted by Crippen LogP contribution is 2.50. The number of thiophene rings is 1. The van der Waals surface area contributed by atoms with Crippen LogP contribution in [0.2, 0.25) is 0 Å². The molecule has 0 spiro atoms. The number of fused-ring (bicyclic) bond motifs is 3. The first-order chi connectivity index (χ1) is 10.2. The Bertz CT molecular complexity index is 717. The lowest BCUT2D eigenvalue weighted by molar-refractivity contribution is 0.101. The molecule has 1 aromatic carbocycles. The number of Topliss-reactive ketones (excluding diaryl/α,β-unsaturated/α-hetero) is 1. The zero-order valence-electron chi connectivity index (χ0n) is 11.9. The maximum Gasteiger partial charge on any atom is 0.159 e. The molecule has 21 heavy (non-hydrogen) atoms. The van der Waals surface area contributed by atoms with Gasteiger partial charge in [0.1, 0.15) is 0 Å². The van der Waals surface area contributed by atoms with Crippen LogP contribution in [-0.2, 0) is 0 Å². The maximum atomic E-state index is 11.6. The van der Waals surface area contributed by atoms with E-state index in [9.17, 15) is 4.79 Å². The first kappa shape index (κ1) is 12.8. The second-order valence-corrected chi connectivity index (χ2v) is 6.83. The van der Waals surface area contributed by atoms with Gasteiger partial charge in [0.2, 0.25) is 0 Å². The fourth-order valence-corrected chi connectivity index (χ4v) is 4.41.